The van der Waals surface area contributed by atoms with Crippen LogP contribution in [-0.2, 0) is 14.3 Å². The number of nitro groups is 1. The lowest BCUT2D eigenvalue weighted by Gasteiger charge is -2.18. The number of rotatable bonds is 7. The van der Waals surface area contributed by atoms with E-state index < -0.39 is 28.9 Å². The monoisotopic (exact) mass is 330 g/mol. The van der Waals surface area contributed by atoms with Gasteiger partial charge in [0.05, 0.1) is 11.5 Å². The minimum absolute atomic E-state index is 0.0789. The molecule has 1 amide bonds. The zero-order valence-electron chi connectivity index (χ0n) is 12.5. The molecule has 0 spiro atoms. The van der Waals surface area contributed by atoms with Crippen LogP contribution in [0.3, 0.4) is 0 Å². The topological polar surface area (TPSA) is 116 Å². The Morgan fingerprint density at radius 1 is 1.59 bits per heavy atom. The molecular weight excluding hydrogens is 312 g/mol. The van der Waals surface area contributed by atoms with Crippen LogP contribution in [0.25, 0.3) is 0 Å². The van der Waals surface area contributed by atoms with E-state index in [4.69, 9.17) is 4.74 Å². The van der Waals surface area contributed by atoms with E-state index in [2.05, 4.69) is 23.0 Å². The molecular formula is C12H18N4O5S. The molecule has 0 fully saturated rings. The lowest BCUT2D eigenvalue weighted by atomic mass is 10.2. The minimum atomic E-state index is -0.884. The van der Waals surface area contributed by atoms with Crippen LogP contribution >= 0.6 is 12.6 Å². The molecule has 1 rings (SSSR count). The first-order valence-corrected chi connectivity index (χ1v) is 7.23. The summed E-state index contributed by atoms with van der Waals surface area (Å²) in [6, 6.07) is -1.70. The SMILES string of the molecule is CCOC(=O)[C@H](CS)NC(=O)C(C)n1cc([N+](=O)[O-])c(C)n1. The van der Waals surface area contributed by atoms with Crippen molar-refractivity contribution >= 4 is 30.2 Å². The first-order valence-electron chi connectivity index (χ1n) is 6.59. The molecule has 1 heterocycles. The number of hydrogen-bond donors (Lipinski definition) is 2. The summed E-state index contributed by atoms with van der Waals surface area (Å²) >= 11 is 4.00. The number of carbonyl (C=O) groups is 2. The maximum Gasteiger partial charge on any atom is 0.329 e. The molecule has 9 nitrogen and oxygen atoms in total. The van der Waals surface area contributed by atoms with Gasteiger partial charge in [0.25, 0.3) is 0 Å². The van der Waals surface area contributed by atoms with Gasteiger partial charge in [-0.15, -0.1) is 0 Å². The second kappa shape index (κ2) is 7.78. The van der Waals surface area contributed by atoms with Gasteiger partial charge in [0.2, 0.25) is 5.91 Å². The van der Waals surface area contributed by atoms with Gasteiger partial charge in [-0.2, -0.15) is 17.7 Å². The Kier molecular flexibility index (Phi) is 6.35. The molecule has 0 radical (unpaired) electrons. The summed E-state index contributed by atoms with van der Waals surface area (Å²) in [5, 5.41) is 17.2. The highest BCUT2D eigenvalue weighted by Crippen LogP contribution is 2.18. The van der Waals surface area contributed by atoms with Gasteiger partial charge >= 0.3 is 11.7 Å². The Hall–Kier alpha value is -2.10. The number of amides is 1. The van der Waals surface area contributed by atoms with Crippen LogP contribution < -0.4 is 5.32 Å². The predicted octanol–water partition coefficient (Wildman–Crippen LogP) is 0.638. The quantitative estimate of drug-likeness (QED) is 0.328. The fourth-order valence-corrected chi connectivity index (χ4v) is 1.92. The van der Waals surface area contributed by atoms with Crippen molar-refractivity contribution in [2.24, 2.45) is 0 Å². The number of carbonyl (C=O) groups excluding carboxylic acids is 2. The molecule has 0 saturated heterocycles. The van der Waals surface area contributed by atoms with E-state index in [1.807, 2.05) is 0 Å². The van der Waals surface area contributed by atoms with Gasteiger partial charge in [0.1, 0.15) is 24.0 Å². The highest BCUT2D eigenvalue weighted by molar-refractivity contribution is 7.80. The Morgan fingerprint density at radius 2 is 2.23 bits per heavy atom. The lowest BCUT2D eigenvalue weighted by molar-refractivity contribution is -0.385. The summed E-state index contributed by atoms with van der Waals surface area (Å²) in [4.78, 5) is 34.0. The average molecular weight is 330 g/mol. The zero-order chi connectivity index (χ0) is 16.9. The summed E-state index contributed by atoms with van der Waals surface area (Å²) in [6.07, 6.45) is 1.18. The number of aromatic nitrogens is 2. The van der Waals surface area contributed by atoms with E-state index >= 15 is 0 Å². The van der Waals surface area contributed by atoms with Crippen molar-refractivity contribution < 1.29 is 19.2 Å². The summed E-state index contributed by atoms with van der Waals surface area (Å²) in [5.74, 6) is -1.01. The Labute approximate surface area is 132 Å². The Bertz CT molecular complexity index is 574. The van der Waals surface area contributed by atoms with Crippen molar-refractivity contribution in [2.45, 2.75) is 32.9 Å². The van der Waals surface area contributed by atoms with Crippen LogP contribution in [0.5, 0.6) is 0 Å². The number of nitrogens with zero attached hydrogens (tertiary/aromatic N) is 3. The van der Waals surface area contributed by atoms with Gasteiger partial charge in [-0.05, 0) is 20.8 Å². The van der Waals surface area contributed by atoms with Crippen LogP contribution in [0, 0.1) is 17.0 Å². The van der Waals surface area contributed by atoms with Crippen molar-refractivity contribution in [3.63, 3.8) is 0 Å². The van der Waals surface area contributed by atoms with Crippen LogP contribution in [0.4, 0.5) is 5.69 Å². The third-order valence-corrected chi connectivity index (χ3v) is 3.30. The molecule has 0 saturated carbocycles. The number of esters is 1. The van der Waals surface area contributed by atoms with E-state index in [-0.39, 0.29) is 23.7 Å². The molecule has 1 aromatic heterocycles. The Balaban J connectivity index is 2.82. The van der Waals surface area contributed by atoms with Crippen molar-refractivity contribution in [1.29, 1.82) is 0 Å². The second-order valence-electron chi connectivity index (χ2n) is 4.51. The van der Waals surface area contributed by atoms with Crippen LogP contribution in [0.1, 0.15) is 25.6 Å². The third-order valence-electron chi connectivity index (χ3n) is 2.93. The van der Waals surface area contributed by atoms with Crippen LogP contribution in [-0.4, -0.2) is 45.0 Å². The molecule has 2 atom stereocenters. The first-order chi connectivity index (χ1) is 10.3. The molecule has 0 aliphatic heterocycles. The van der Waals surface area contributed by atoms with Crippen molar-refractivity contribution in [3.8, 4) is 0 Å². The average Bonchev–Trinajstić information content (AvgIpc) is 2.85. The van der Waals surface area contributed by atoms with E-state index in [1.165, 1.54) is 24.7 Å². The standard InChI is InChI=1S/C12H18N4O5S/c1-4-21-12(18)9(6-22)13-11(17)8(3)15-5-10(16(19)20)7(2)14-15/h5,8-9,22H,4,6H2,1-3H3,(H,13,17)/t8?,9-/m0/s1. The van der Waals surface area contributed by atoms with Crippen molar-refractivity contribution in [1.82, 2.24) is 15.1 Å². The third kappa shape index (κ3) is 4.20. The highest BCUT2D eigenvalue weighted by atomic mass is 32.1. The number of hydrogen-bond acceptors (Lipinski definition) is 7. The maximum absolute atomic E-state index is 12.1. The fourth-order valence-electron chi connectivity index (χ4n) is 1.68. The predicted molar refractivity (Wildman–Crippen MR) is 80.7 cm³/mol. The molecule has 0 bridgehead atoms. The molecule has 1 aromatic rings. The number of ether oxygens (including phenoxy) is 1. The second-order valence-corrected chi connectivity index (χ2v) is 4.87. The number of nitrogens with one attached hydrogen (secondary N) is 1. The summed E-state index contributed by atoms with van der Waals surface area (Å²) < 4.78 is 6.01. The molecule has 1 unspecified atom stereocenters. The molecule has 0 aromatic carbocycles. The van der Waals surface area contributed by atoms with E-state index in [0.29, 0.717) is 0 Å². The molecule has 22 heavy (non-hydrogen) atoms. The van der Waals surface area contributed by atoms with Gasteiger partial charge in [0.15, 0.2) is 0 Å². The summed E-state index contributed by atoms with van der Waals surface area (Å²) in [6.45, 7) is 4.85. The van der Waals surface area contributed by atoms with Gasteiger partial charge in [0, 0.05) is 5.75 Å². The lowest BCUT2D eigenvalue weighted by Crippen LogP contribution is -2.45. The normalized spacial score (nSPS) is 13.3. The highest BCUT2D eigenvalue weighted by Gasteiger charge is 2.26. The summed E-state index contributed by atoms with van der Waals surface area (Å²) in [5.41, 5.74) is 0.0385. The minimum Gasteiger partial charge on any atom is -0.464 e. The number of aryl methyl sites for hydroxylation is 1. The fraction of sp³-hybridized carbons (Fsp3) is 0.583. The zero-order valence-corrected chi connectivity index (χ0v) is 13.4. The maximum atomic E-state index is 12.1. The van der Waals surface area contributed by atoms with Crippen molar-refractivity contribution in [3.05, 3.63) is 22.0 Å². The van der Waals surface area contributed by atoms with E-state index in [0.717, 1.165) is 0 Å². The van der Waals surface area contributed by atoms with E-state index in [1.54, 1.807) is 6.92 Å². The largest absolute Gasteiger partial charge is 0.464 e. The van der Waals surface area contributed by atoms with Crippen molar-refractivity contribution in [2.75, 3.05) is 12.4 Å². The summed E-state index contributed by atoms with van der Waals surface area (Å²) in [7, 11) is 0. The first kappa shape index (κ1) is 18.0. The van der Waals surface area contributed by atoms with Gasteiger partial charge in [-0.3, -0.25) is 19.6 Å². The van der Waals surface area contributed by atoms with E-state index in [9.17, 15) is 19.7 Å². The molecule has 0 aliphatic carbocycles. The van der Waals surface area contributed by atoms with Gasteiger partial charge < -0.3 is 10.1 Å². The number of thiol groups is 1. The van der Waals surface area contributed by atoms with Gasteiger partial charge in [-0.25, -0.2) is 4.79 Å². The van der Waals surface area contributed by atoms with Crippen LogP contribution in [0.15, 0.2) is 6.20 Å². The smallest absolute Gasteiger partial charge is 0.329 e. The Morgan fingerprint density at radius 3 is 2.68 bits per heavy atom. The van der Waals surface area contributed by atoms with Crippen LogP contribution in [0.2, 0.25) is 0 Å². The molecule has 1 N–H and O–H groups in total. The molecule has 122 valence electrons. The van der Waals surface area contributed by atoms with Gasteiger partial charge in [-0.1, -0.05) is 0 Å². The molecule has 10 heteroatoms. The molecule has 0 aliphatic rings.